The van der Waals surface area contributed by atoms with E-state index in [9.17, 15) is 18.7 Å². The Morgan fingerprint density at radius 2 is 2.11 bits per heavy atom. The van der Waals surface area contributed by atoms with Gasteiger partial charge in [0, 0.05) is 12.1 Å². The largest absolute Gasteiger partial charge is 0.393 e. The first kappa shape index (κ1) is 13.0. The first-order valence-electron chi connectivity index (χ1n) is 5.99. The van der Waals surface area contributed by atoms with Crippen molar-refractivity contribution >= 4 is 5.91 Å². The molecule has 0 aliphatic heterocycles. The summed E-state index contributed by atoms with van der Waals surface area (Å²) in [7, 11) is 0. The third-order valence-corrected chi connectivity index (χ3v) is 3.07. The third kappa shape index (κ3) is 3.26. The predicted octanol–water partition coefficient (Wildman–Crippen LogP) is 1.86. The number of benzene rings is 1. The van der Waals surface area contributed by atoms with Gasteiger partial charge in [0.05, 0.1) is 6.10 Å². The van der Waals surface area contributed by atoms with E-state index in [1.54, 1.807) is 0 Å². The second kappa shape index (κ2) is 5.44. The molecule has 0 unspecified atom stereocenters. The molecule has 0 spiro atoms. The molecular formula is C13H15F2NO2. The van der Waals surface area contributed by atoms with Crippen LogP contribution in [0.5, 0.6) is 0 Å². The van der Waals surface area contributed by atoms with Crippen molar-refractivity contribution in [2.45, 2.75) is 25.4 Å². The van der Waals surface area contributed by atoms with Crippen LogP contribution in [0.25, 0.3) is 0 Å². The van der Waals surface area contributed by atoms with Crippen molar-refractivity contribution in [1.29, 1.82) is 0 Å². The van der Waals surface area contributed by atoms with Crippen molar-refractivity contribution in [3.8, 4) is 0 Å². The number of nitrogens with one attached hydrogen (secondary N) is 1. The molecule has 2 rings (SSSR count). The minimum Gasteiger partial charge on any atom is -0.393 e. The molecule has 0 radical (unpaired) electrons. The minimum atomic E-state index is -1.04. The molecule has 98 valence electrons. The molecule has 5 heteroatoms. The van der Waals surface area contributed by atoms with E-state index in [1.807, 2.05) is 0 Å². The topological polar surface area (TPSA) is 49.3 Å². The average molecular weight is 255 g/mol. The van der Waals surface area contributed by atoms with Gasteiger partial charge in [-0.2, -0.15) is 0 Å². The van der Waals surface area contributed by atoms with Gasteiger partial charge >= 0.3 is 0 Å². The van der Waals surface area contributed by atoms with Gasteiger partial charge in [0.15, 0.2) is 11.6 Å². The number of aliphatic hydroxyl groups is 1. The summed E-state index contributed by atoms with van der Waals surface area (Å²) >= 11 is 0. The van der Waals surface area contributed by atoms with Gasteiger partial charge in [0.2, 0.25) is 0 Å². The number of amides is 1. The van der Waals surface area contributed by atoms with Crippen LogP contribution in [0.3, 0.4) is 0 Å². The predicted molar refractivity (Wildman–Crippen MR) is 62.0 cm³/mol. The summed E-state index contributed by atoms with van der Waals surface area (Å²) in [5.41, 5.74) is 0.0785. The quantitative estimate of drug-likeness (QED) is 0.843. The Bertz CT molecular complexity index is 447. The highest BCUT2D eigenvalue weighted by Crippen LogP contribution is 2.33. The first-order chi connectivity index (χ1) is 8.58. The number of hydrogen-bond acceptors (Lipinski definition) is 2. The fourth-order valence-electron chi connectivity index (χ4n) is 1.79. The van der Waals surface area contributed by atoms with Gasteiger partial charge in [-0.25, -0.2) is 8.78 Å². The van der Waals surface area contributed by atoms with E-state index in [-0.39, 0.29) is 11.7 Å². The Balaban J connectivity index is 1.81. The number of rotatable bonds is 5. The zero-order valence-electron chi connectivity index (χ0n) is 9.83. The lowest BCUT2D eigenvalue weighted by molar-refractivity contribution is 0.0936. The average Bonchev–Trinajstić information content (AvgIpc) is 3.16. The molecule has 1 fully saturated rings. The SMILES string of the molecule is O=C(NCC[C@@H](O)C1CC1)c1ccc(F)c(F)c1. The Hall–Kier alpha value is -1.49. The maximum atomic E-state index is 12.9. The molecule has 1 aromatic carbocycles. The summed E-state index contributed by atoms with van der Waals surface area (Å²) in [4.78, 5) is 11.6. The molecule has 1 atom stereocenters. The maximum Gasteiger partial charge on any atom is 0.251 e. The van der Waals surface area contributed by atoms with Crippen molar-refractivity contribution in [2.75, 3.05) is 6.54 Å². The van der Waals surface area contributed by atoms with E-state index in [0.29, 0.717) is 18.9 Å². The number of carbonyl (C=O) groups excluding carboxylic acids is 1. The normalized spacial score (nSPS) is 16.4. The van der Waals surface area contributed by atoms with Crippen molar-refractivity contribution in [3.05, 3.63) is 35.4 Å². The molecule has 0 saturated heterocycles. The molecule has 0 aromatic heterocycles. The van der Waals surface area contributed by atoms with E-state index >= 15 is 0 Å². The van der Waals surface area contributed by atoms with E-state index < -0.39 is 17.5 Å². The highest BCUT2D eigenvalue weighted by Gasteiger charge is 2.29. The zero-order chi connectivity index (χ0) is 13.1. The van der Waals surface area contributed by atoms with E-state index in [1.165, 1.54) is 6.07 Å². The first-order valence-corrected chi connectivity index (χ1v) is 5.99. The molecule has 0 heterocycles. The maximum absolute atomic E-state index is 12.9. The number of halogens is 2. The smallest absolute Gasteiger partial charge is 0.251 e. The zero-order valence-corrected chi connectivity index (χ0v) is 9.83. The van der Waals surface area contributed by atoms with Crippen LogP contribution < -0.4 is 5.32 Å². The Kier molecular flexibility index (Phi) is 3.91. The fourth-order valence-corrected chi connectivity index (χ4v) is 1.79. The molecule has 1 aliphatic carbocycles. The Labute approximate surface area is 104 Å². The third-order valence-electron chi connectivity index (χ3n) is 3.07. The second-order valence-corrected chi connectivity index (χ2v) is 4.58. The lowest BCUT2D eigenvalue weighted by atomic mass is 10.1. The van der Waals surface area contributed by atoms with Crippen LogP contribution in [0.15, 0.2) is 18.2 Å². The summed E-state index contributed by atoms with van der Waals surface area (Å²) < 4.78 is 25.6. The van der Waals surface area contributed by atoms with Gasteiger partial charge in [-0.15, -0.1) is 0 Å². The van der Waals surface area contributed by atoms with Gasteiger partial charge in [-0.05, 0) is 43.4 Å². The highest BCUT2D eigenvalue weighted by atomic mass is 19.2. The van der Waals surface area contributed by atoms with Crippen LogP contribution in [0, 0.1) is 17.6 Å². The van der Waals surface area contributed by atoms with E-state index in [2.05, 4.69) is 5.32 Å². The molecule has 1 aromatic rings. The van der Waals surface area contributed by atoms with Crippen LogP contribution >= 0.6 is 0 Å². The van der Waals surface area contributed by atoms with Crippen LogP contribution in [-0.4, -0.2) is 23.7 Å². The van der Waals surface area contributed by atoms with Crippen molar-refractivity contribution in [3.63, 3.8) is 0 Å². The van der Waals surface area contributed by atoms with E-state index in [0.717, 1.165) is 25.0 Å². The molecule has 1 aliphatic rings. The lowest BCUT2D eigenvalue weighted by Crippen LogP contribution is -2.27. The number of carbonyl (C=O) groups is 1. The molecule has 0 bridgehead atoms. The molecule has 1 amide bonds. The summed E-state index contributed by atoms with van der Waals surface area (Å²) in [6.45, 7) is 0.329. The number of aliphatic hydroxyl groups excluding tert-OH is 1. The van der Waals surface area contributed by atoms with Gasteiger partial charge in [-0.3, -0.25) is 4.79 Å². The summed E-state index contributed by atoms with van der Waals surface area (Å²) in [5, 5.41) is 12.2. The minimum absolute atomic E-state index is 0.0785. The van der Waals surface area contributed by atoms with Crippen LogP contribution in [0.1, 0.15) is 29.6 Å². The number of hydrogen-bond donors (Lipinski definition) is 2. The fraction of sp³-hybridized carbons (Fsp3) is 0.462. The molecule has 18 heavy (non-hydrogen) atoms. The molecule has 1 saturated carbocycles. The summed E-state index contributed by atoms with van der Waals surface area (Å²) in [6.07, 6.45) is 2.19. The second-order valence-electron chi connectivity index (χ2n) is 4.58. The molecule has 2 N–H and O–H groups in total. The van der Waals surface area contributed by atoms with Gasteiger partial charge in [0.25, 0.3) is 5.91 Å². The van der Waals surface area contributed by atoms with Crippen LogP contribution in [-0.2, 0) is 0 Å². The van der Waals surface area contributed by atoms with Crippen molar-refractivity contribution in [2.24, 2.45) is 5.92 Å². The summed E-state index contributed by atoms with van der Waals surface area (Å²) in [6, 6.07) is 3.01. The van der Waals surface area contributed by atoms with Gasteiger partial charge in [-0.1, -0.05) is 0 Å². The summed E-state index contributed by atoms with van der Waals surface area (Å²) in [5.74, 6) is -2.11. The monoisotopic (exact) mass is 255 g/mol. The molecular weight excluding hydrogens is 240 g/mol. The molecule has 3 nitrogen and oxygen atoms in total. The standard InChI is InChI=1S/C13H15F2NO2/c14-10-4-3-9(7-11(10)15)13(18)16-6-5-12(17)8-1-2-8/h3-4,7-8,12,17H,1-2,5-6H2,(H,16,18)/t12-/m1/s1. The highest BCUT2D eigenvalue weighted by molar-refractivity contribution is 5.94. The van der Waals surface area contributed by atoms with Crippen molar-refractivity contribution < 1.29 is 18.7 Å². The Morgan fingerprint density at radius 3 is 2.72 bits per heavy atom. The Morgan fingerprint density at radius 1 is 1.39 bits per heavy atom. The van der Waals surface area contributed by atoms with Gasteiger partial charge < -0.3 is 10.4 Å². The van der Waals surface area contributed by atoms with Crippen LogP contribution in [0.2, 0.25) is 0 Å². The van der Waals surface area contributed by atoms with Crippen molar-refractivity contribution in [1.82, 2.24) is 5.32 Å². The lowest BCUT2D eigenvalue weighted by Gasteiger charge is -2.10. The van der Waals surface area contributed by atoms with E-state index in [4.69, 9.17) is 0 Å². The van der Waals surface area contributed by atoms with Crippen LogP contribution in [0.4, 0.5) is 8.78 Å². The van der Waals surface area contributed by atoms with Gasteiger partial charge in [0.1, 0.15) is 0 Å².